The molecule has 0 radical (unpaired) electrons. The highest BCUT2D eigenvalue weighted by atomic mass is 35.5. The summed E-state index contributed by atoms with van der Waals surface area (Å²) in [5.74, 6) is 0.197. The van der Waals surface area contributed by atoms with Crippen LogP contribution < -0.4 is 4.72 Å². The maximum Gasteiger partial charge on any atom is 0.261 e. The Morgan fingerprint density at radius 1 is 1.65 bits per heavy atom. The molecule has 1 fully saturated rings. The Labute approximate surface area is 105 Å². The molecule has 1 aliphatic rings. The van der Waals surface area contributed by atoms with Crippen LogP contribution in [0.5, 0.6) is 0 Å². The van der Waals surface area contributed by atoms with E-state index in [-0.39, 0.29) is 22.2 Å². The zero-order chi connectivity index (χ0) is 12.6. The minimum Gasteiger partial charge on any atom is -0.393 e. The van der Waals surface area contributed by atoms with Gasteiger partial charge in [-0.25, -0.2) is 18.1 Å². The van der Waals surface area contributed by atoms with E-state index >= 15 is 0 Å². The van der Waals surface area contributed by atoms with Gasteiger partial charge in [0.25, 0.3) is 10.0 Å². The summed E-state index contributed by atoms with van der Waals surface area (Å²) in [6.45, 7) is 0.312. The van der Waals surface area contributed by atoms with Crippen LogP contribution in [-0.4, -0.2) is 35.7 Å². The van der Waals surface area contributed by atoms with Crippen LogP contribution >= 0.6 is 11.6 Å². The molecule has 2 N–H and O–H groups in total. The van der Waals surface area contributed by atoms with Gasteiger partial charge in [-0.05, 0) is 18.8 Å². The van der Waals surface area contributed by atoms with Crippen molar-refractivity contribution in [3.05, 3.63) is 11.5 Å². The predicted molar refractivity (Wildman–Crippen MR) is 62.1 cm³/mol. The fourth-order valence-electron chi connectivity index (χ4n) is 1.74. The van der Waals surface area contributed by atoms with Crippen molar-refractivity contribution in [1.29, 1.82) is 0 Å². The summed E-state index contributed by atoms with van der Waals surface area (Å²) >= 11 is 5.82. The van der Waals surface area contributed by atoms with E-state index in [1.54, 1.807) is 7.05 Å². The van der Waals surface area contributed by atoms with Gasteiger partial charge in [-0.15, -0.1) is 0 Å². The minimum atomic E-state index is -3.65. The summed E-state index contributed by atoms with van der Waals surface area (Å²) < 4.78 is 27.6. The zero-order valence-corrected chi connectivity index (χ0v) is 10.9. The number of aliphatic hydroxyl groups is 1. The molecule has 1 saturated carbocycles. The van der Waals surface area contributed by atoms with Crippen molar-refractivity contribution in [3.8, 4) is 0 Å². The van der Waals surface area contributed by atoms with Crippen LogP contribution in [0.15, 0.2) is 11.4 Å². The fourth-order valence-corrected chi connectivity index (χ4v) is 3.28. The molecule has 0 aliphatic heterocycles. The van der Waals surface area contributed by atoms with Crippen LogP contribution in [0.1, 0.15) is 12.8 Å². The normalized spacial score (nSPS) is 24.6. The lowest BCUT2D eigenvalue weighted by atomic mass is 9.83. The Hall–Kier alpha value is -0.630. The smallest absolute Gasteiger partial charge is 0.261 e. The average molecular weight is 280 g/mol. The molecular weight excluding hydrogens is 266 g/mol. The molecule has 96 valence electrons. The van der Waals surface area contributed by atoms with Gasteiger partial charge < -0.3 is 9.67 Å². The van der Waals surface area contributed by atoms with E-state index in [2.05, 4.69) is 9.71 Å². The lowest BCUT2D eigenvalue weighted by Crippen LogP contribution is -2.38. The van der Waals surface area contributed by atoms with Crippen molar-refractivity contribution in [2.24, 2.45) is 13.0 Å². The Bertz CT molecular complexity index is 508. The highest BCUT2D eigenvalue weighted by molar-refractivity contribution is 7.89. The first-order valence-corrected chi connectivity index (χ1v) is 7.11. The van der Waals surface area contributed by atoms with Crippen LogP contribution in [0.4, 0.5) is 0 Å². The molecule has 0 atom stereocenters. The highest BCUT2D eigenvalue weighted by Gasteiger charge is 2.29. The molecule has 1 aliphatic carbocycles. The minimum absolute atomic E-state index is 0.0890. The first-order chi connectivity index (χ1) is 7.90. The number of rotatable bonds is 4. The molecular formula is C9H14ClN3O3S. The second-order valence-electron chi connectivity index (χ2n) is 4.29. The molecule has 6 nitrogen and oxygen atoms in total. The second-order valence-corrected chi connectivity index (χ2v) is 6.33. The SMILES string of the molecule is Cn1cnc(S(=O)(=O)NCC2CC(O)C2)c1Cl. The van der Waals surface area contributed by atoms with Gasteiger partial charge in [-0.1, -0.05) is 11.6 Å². The van der Waals surface area contributed by atoms with Crippen LogP contribution in [0.2, 0.25) is 5.15 Å². The molecule has 17 heavy (non-hydrogen) atoms. The highest BCUT2D eigenvalue weighted by Crippen LogP contribution is 2.27. The first-order valence-electron chi connectivity index (χ1n) is 5.24. The van der Waals surface area contributed by atoms with Gasteiger partial charge in [0.1, 0.15) is 5.15 Å². The lowest BCUT2D eigenvalue weighted by Gasteiger charge is -2.31. The number of nitrogens with one attached hydrogen (secondary N) is 1. The molecule has 0 saturated heterocycles. The van der Waals surface area contributed by atoms with Crippen molar-refractivity contribution in [2.45, 2.75) is 24.0 Å². The van der Waals surface area contributed by atoms with Crippen LogP contribution in [0.3, 0.4) is 0 Å². The van der Waals surface area contributed by atoms with Gasteiger partial charge in [0.15, 0.2) is 0 Å². The quantitative estimate of drug-likeness (QED) is 0.820. The number of aliphatic hydroxyl groups excluding tert-OH is 1. The Morgan fingerprint density at radius 3 is 2.76 bits per heavy atom. The van der Waals surface area contributed by atoms with E-state index in [9.17, 15) is 8.42 Å². The number of halogens is 1. The topological polar surface area (TPSA) is 84.2 Å². The van der Waals surface area contributed by atoms with E-state index in [1.807, 2.05) is 0 Å². The third kappa shape index (κ3) is 2.62. The van der Waals surface area contributed by atoms with Gasteiger partial charge in [0, 0.05) is 13.6 Å². The average Bonchev–Trinajstić information content (AvgIpc) is 2.54. The zero-order valence-electron chi connectivity index (χ0n) is 9.30. The summed E-state index contributed by atoms with van der Waals surface area (Å²) in [6.07, 6.45) is 2.34. The number of hydrogen-bond acceptors (Lipinski definition) is 4. The Morgan fingerprint density at radius 2 is 2.29 bits per heavy atom. The van der Waals surface area contributed by atoms with E-state index in [1.165, 1.54) is 10.9 Å². The second kappa shape index (κ2) is 4.56. The summed E-state index contributed by atoms with van der Waals surface area (Å²) in [5.41, 5.74) is 0. The molecule has 0 aromatic carbocycles. The first kappa shape index (κ1) is 12.8. The number of imidazole rings is 1. The summed E-state index contributed by atoms with van der Waals surface area (Å²) in [6, 6.07) is 0. The van der Waals surface area contributed by atoms with Gasteiger partial charge in [0.05, 0.1) is 12.4 Å². The molecule has 0 amide bonds. The number of aryl methyl sites for hydroxylation is 1. The van der Waals surface area contributed by atoms with E-state index < -0.39 is 10.0 Å². The van der Waals surface area contributed by atoms with Crippen LogP contribution in [-0.2, 0) is 17.1 Å². The standard InChI is InChI=1S/C9H14ClN3O3S/c1-13-5-11-9(8(13)10)17(15,16)12-4-6-2-7(14)3-6/h5-7,12,14H,2-4H2,1H3. The summed E-state index contributed by atoms with van der Waals surface area (Å²) in [4.78, 5) is 3.75. The maximum atomic E-state index is 11.9. The number of sulfonamides is 1. The largest absolute Gasteiger partial charge is 0.393 e. The molecule has 1 aromatic heterocycles. The predicted octanol–water partition coefficient (Wildman–Crippen LogP) is 0.123. The van der Waals surface area contributed by atoms with E-state index in [0.717, 1.165) is 0 Å². The number of nitrogens with zero attached hydrogens (tertiary/aromatic N) is 2. The van der Waals surface area contributed by atoms with E-state index in [0.29, 0.717) is 19.4 Å². The summed E-state index contributed by atoms with van der Waals surface area (Å²) in [5, 5.41) is 9.04. The third-order valence-corrected chi connectivity index (χ3v) is 4.77. The van der Waals surface area contributed by atoms with Gasteiger partial charge in [0.2, 0.25) is 5.03 Å². The molecule has 0 bridgehead atoms. The van der Waals surface area contributed by atoms with Crippen molar-refractivity contribution < 1.29 is 13.5 Å². The molecule has 1 aromatic rings. The molecule has 1 heterocycles. The molecule has 8 heteroatoms. The van der Waals surface area contributed by atoms with Gasteiger partial charge in [-0.3, -0.25) is 0 Å². The summed E-state index contributed by atoms with van der Waals surface area (Å²) in [7, 11) is -2.03. The van der Waals surface area contributed by atoms with Crippen molar-refractivity contribution >= 4 is 21.6 Å². The van der Waals surface area contributed by atoms with Crippen molar-refractivity contribution in [2.75, 3.05) is 6.54 Å². The Balaban J connectivity index is 2.02. The third-order valence-electron chi connectivity index (χ3n) is 2.86. The number of aromatic nitrogens is 2. The van der Waals surface area contributed by atoms with Crippen LogP contribution in [0, 0.1) is 5.92 Å². The van der Waals surface area contributed by atoms with E-state index in [4.69, 9.17) is 16.7 Å². The Kier molecular flexibility index (Phi) is 3.44. The van der Waals surface area contributed by atoms with Gasteiger partial charge >= 0.3 is 0 Å². The van der Waals surface area contributed by atoms with Gasteiger partial charge in [-0.2, -0.15) is 0 Å². The molecule has 0 unspecified atom stereocenters. The lowest BCUT2D eigenvalue weighted by molar-refractivity contribution is 0.0453. The molecule has 2 rings (SSSR count). The molecule has 0 spiro atoms. The monoisotopic (exact) mass is 279 g/mol. The fraction of sp³-hybridized carbons (Fsp3) is 0.667. The van der Waals surface area contributed by atoms with Crippen molar-refractivity contribution in [3.63, 3.8) is 0 Å². The maximum absolute atomic E-state index is 11.9. The number of hydrogen-bond donors (Lipinski definition) is 2. The van der Waals surface area contributed by atoms with Crippen LogP contribution in [0.25, 0.3) is 0 Å². The van der Waals surface area contributed by atoms with Crippen molar-refractivity contribution in [1.82, 2.24) is 14.3 Å².